The summed E-state index contributed by atoms with van der Waals surface area (Å²) >= 11 is 5.89. The van der Waals surface area contributed by atoms with Crippen molar-refractivity contribution in [2.45, 2.75) is 6.61 Å². The summed E-state index contributed by atoms with van der Waals surface area (Å²) in [5.74, 6) is -0.198. The van der Waals surface area contributed by atoms with Crippen LogP contribution in [-0.2, 0) is 6.61 Å². The van der Waals surface area contributed by atoms with Crippen LogP contribution in [-0.4, -0.2) is 23.9 Å². The fraction of sp³-hybridized carbons (Fsp3) is 0.0952. The first-order valence-electron chi connectivity index (χ1n) is 8.63. The van der Waals surface area contributed by atoms with Gasteiger partial charge in [0, 0.05) is 28.5 Å². The predicted octanol–water partition coefficient (Wildman–Crippen LogP) is 3.40. The zero-order chi connectivity index (χ0) is 20.6. The third kappa shape index (κ3) is 5.46. The van der Waals surface area contributed by atoms with Crippen LogP contribution in [0.2, 0.25) is 5.02 Å². The van der Waals surface area contributed by atoms with E-state index in [-0.39, 0.29) is 5.56 Å². The maximum Gasteiger partial charge on any atom is 0.273 e. The number of hydrazine groups is 1. The van der Waals surface area contributed by atoms with Gasteiger partial charge in [-0.2, -0.15) is 0 Å². The molecule has 0 aliphatic heterocycles. The number of amides is 2. The highest BCUT2D eigenvalue weighted by Gasteiger charge is 2.14. The molecule has 2 aromatic carbocycles. The normalized spacial score (nSPS) is 10.1. The molecule has 0 saturated heterocycles. The third-order valence-electron chi connectivity index (χ3n) is 3.92. The van der Waals surface area contributed by atoms with Crippen LogP contribution in [0.25, 0.3) is 0 Å². The van der Waals surface area contributed by atoms with E-state index in [9.17, 15) is 9.59 Å². The van der Waals surface area contributed by atoms with E-state index >= 15 is 0 Å². The topological polar surface area (TPSA) is 89.6 Å². The van der Waals surface area contributed by atoms with Crippen molar-refractivity contribution < 1.29 is 19.1 Å². The van der Waals surface area contributed by atoms with Gasteiger partial charge in [-0.25, -0.2) is 0 Å². The Bertz CT molecular complexity index is 1010. The monoisotopic (exact) mass is 411 g/mol. The summed E-state index contributed by atoms with van der Waals surface area (Å²) in [6, 6.07) is 14.9. The van der Waals surface area contributed by atoms with Crippen LogP contribution in [0.1, 0.15) is 26.3 Å². The van der Waals surface area contributed by atoms with E-state index in [1.165, 1.54) is 19.2 Å². The standard InChI is InChI=1S/C21H18ClN3O4/c1-28-19-11-16(22)7-8-18(19)21(27)25-24-20(26)15-5-2-6-17(10-15)29-13-14-4-3-9-23-12-14/h2-12H,13H2,1H3,(H,24,26)(H,25,27). The van der Waals surface area contributed by atoms with E-state index < -0.39 is 11.8 Å². The Morgan fingerprint density at radius 2 is 1.86 bits per heavy atom. The van der Waals surface area contributed by atoms with Crippen molar-refractivity contribution in [3.63, 3.8) is 0 Å². The van der Waals surface area contributed by atoms with E-state index in [1.807, 2.05) is 12.1 Å². The highest BCUT2D eigenvalue weighted by Crippen LogP contribution is 2.22. The minimum absolute atomic E-state index is 0.241. The van der Waals surface area contributed by atoms with E-state index in [2.05, 4.69) is 15.8 Å². The predicted molar refractivity (Wildman–Crippen MR) is 108 cm³/mol. The lowest BCUT2D eigenvalue weighted by Crippen LogP contribution is -2.41. The van der Waals surface area contributed by atoms with Crippen molar-refractivity contribution in [2.75, 3.05) is 7.11 Å². The zero-order valence-electron chi connectivity index (χ0n) is 15.5. The molecule has 1 aromatic heterocycles. The first-order chi connectivity index (χ1) is 14.1. The molecular formula is C21H18ClN3O4. The van der Waals surface area contributed by atoms with Gasteiger partial charge in [0.2, 0.25) is 0 Å². The molecular weight excluding hydrogens is 394 g/mol. The number of carbonyl (C=O) groups excluding carboxylic acids is 2. The lowest BCUT2D eigenvalue weighted by atomic mass is 10.2. The highest BCUT2D eigenvalue weighted by molar-refractivity contribution is 6.30. The molecule has 2 amide bonds. The smallest absolute Gasteiger partial charge is 0.273 e. The number of halogens is 1. The number of carbonyl (C=O) groups is 2. The van der Waals surface area contributed by atoms with Crippen LogP contribution in [0.5, 0.6) is 11.5 Å². The molecule has 0 fully saturated rings. The molecule has 0 aliphatic rings. The molecule has 2 N–H and O–H groups in total. The zero-order valence-corrected chi connectivity index (χ0v) is 16.3. The van der Waals surface area contributed by atoms with Gasteiger partial charge in [0.05, 0.1) is 12.7 Å². The fourth-order valence-corrected chi connectivity index (χ4v) is 2.65. The first-order valence-corrected chi connectivity index (χ1v) is 9.00. The van der Waals surface area contributed by atoms with Gasteiger partial charge >= 0.3 is 0 Å². The van der Waals surface area contributed by atoms with Crippen LogP contribution in [0.3, 0.4) is 0 Å². The Labute approximate surface area is 172 Å². The highest BCUT2D eigenvalue weighted by atomic mass is 35.5. The minimum Gasteiger partial charge on any atom is -0.496 e. The van der Waals surface area contributed by atoms with Crippen LogP contribution >= 0.6 is 11.6 Å². The van der Waals surface area contributed by atoms with Crippen molar-refractivity contribution in [1.29, 1.82) is 0 Å². The number of aromatic nitrogens is 1. The number of methoxy groups -OCH3 is 1. The number of rotatable bonds is 6. The molecule has 1 heterocycles. The SMILES string of the molecule is COc1cc(Cl)ccc1C(=O)NNC(=O)c1cccc(OCc2cccnc2)c1. The Balaban J connectivity index is 1.60. The molecule has 29 heavy (non-hydrogen) atoms. The summed E-state index contributed by atoms with van der Waals surface area (Å²) in [5.41, 5.74) is 6.21. The van der Waals surface area contributed by atoms with Gasteiger partial charge in [-0.1, -0.05) is 23.7 Å². The van der Waals surface area contributed by atoms with Crippen LogP contribution < -0.4 is 20.3 Å². The van der Waals surface area contributed by atoms with Crippen molar-refractivity contribution in [3.8, 4) is 11.5 Å². The molecule has 0 radical (unpaired) electrons. The second kappa shape index (κ2) is 9.57. The van der Waals surface area contributed by atoms with Gasteiger partial charge in [0.15, 0.2) is 0 Å². The maximum absolute atomic E-state index is 12.4. The van der Waals surface area contributed by atoms with Gasteiger partial charge in [-0.15, -0.1) is 0 Å². The summed E-state index contributed by atoms with van der Waals surface area (Å²) in [4.78, 5) is 28.7. The van der Waals surface area contributed by atoms with Crippen molar-refractivity contribution >= 4 is 23.4 Å². The number of pyridine rings is 1. The minimum atomic E-state index is -0.532. The van der Waals surface area contributed by atoms with Gasteiger partial charge in [0.25, 0.3) is 11.8 Å². The van der Waals surface area contributed by atoms with Crippen molar-refractivity contribution in [3.05, 3.63) is 88.7 Å². The number of nitrogens with zero attached hydrogens (tertiary/aromatic N) is 1. The lowest BCUT2D eigenvalue weighted by molar-refractivity contribution is 0.0844. The van der Waals surface area contributed by atoms with Crippen LogP contribution in [0, 0.1) is 0 Å². The molecule has 0 unspecified atom stereocenters. The molecule has 7 nitrogen and oxygen atoms in total. The van der Waals surface area contributed by atoms with Gasteiger partial charge < -0.3 is 9.47 Å². The summed E-state index contributed by atoms with van der Waals surface area (Å²) in [7, 11) is 1.43. The fourth-order valence-electron chi connectivity index (χ4n) is 2.48. The van der Waals surface area contributed by atoms with E-state index in [4.69, 9.17) is 21.1 Å². The van der Waals surface area contributed by atoms with Crippen LogP contribution in [0.4, 0.5) is 0 Å². The first kappa shape index (κ1) is 20.2. The summed E-state index contributed by atoms with van der Waals surface area (Å²) in [6.45, 7) is 0.325. The van der Waals surface area contributed by atoms with Crippen molar-refractivity contribution in [2.24, 2.45) is 0 Å². The van der Waals surface area contributed by atoms with Gasteiger partial charge in [0.1, 0.15) is 18.1 Å². The van der Waals surface area contributed by atoms with E-state index in [0.29, 0.717) is 28.7 Å². The third-order valence-corrected chi connectivity index (χ3v) is 4.16. The molecule has 0 atom stereocenters. The average molecular weight is 412 g/mol. The molecule has 8 heteroatoms. The largest absolute Gasteiger partial charge is 0.496 e. The quantitative estimate of drug-likeness (QED) is 0.607. The number of nitrogens with one attached hydrogen (secondary N) is 2. The Morgan fingerprint density at radius 1 is 1.03 bits per heavy atom. The molecule has 3 rings (SSSR count). The summed E-state index contributed by atoms with van der Waals surface area (Å²) in [6.07, 6.45) is 3.39. The average Bonchev–Trinajstić information content (AvgIpc) is 2.76. The maximum atomic E-state index is 12.4. The molecule has 0 saturated carbocycles. The van der Waals surface area contributed by atoms with E-state index in [1.54, 1.807) is 42.7 Å². The number of hydrogen-bond acceptors (Lipinski definition) is 5. The van der Waals surface area contributed by atoms with Gasteiger partial charge in [-0.05, 0) is 42.5 Å². The van der Waals surface area contributed by atoms with E-state index in [0.717, 1.165) is 5.56 Å². The molecule has 3 aromatic rings. The Kier molecular flexibility index (Phi) is 6.65. The molecule has 0 spiro atoms. The summed E-state index contributed by atoms with van der Waals surface area (Å²) < 4.78 is 10.8. The molecule has 148 valence electrons. The summed E-state index contributed by atoms with van der Waals surface area (Å²) in [5, 5.41) is 0.436. The molecule has 0 aliphatic carbocycles. The lowest BCUT2D eigenvalue weighted by Gasteiger charge is -2.11. The molecule has 0 bridgehead atoms. The second-order valence-corrected chi connectivity index (χ2v) is 6.37. The van der Waals surface area contributed by atoms with Crippen molar-refractivity contribution in [1.82, 2.24) is 15.8 Å². The number of benzene rings is 2. The second-order valence-electron chi connectivity index (χ2n) is 5.93. The van der Waals surface area contributed by atoms with Crippen LogP contribution in [0.15, 0.2) is 67.0 Å². The number of hydrogen-bond donors (Lipinski definition) is 2. The Morgan fingerprint density at radius 3 is 2.62 bits per heavy atom. The van der Waals surface area contributed by atoms with Gasteiger partial charge in [-0.3, -0.25) is 25.4 Å². The number of ether oxygens (including phenoxy) is 2. The Hall–Kier alpha value is -3.58.